The zero-order chi connectivity index (χ0) is 11.6. The Morgan fingerprint density at radius 1 is 1.33 bits per heavy atom. The van der Waals surface area contributed by atoms with Crippen molar-refractivity contribution in [3.05, 3.63) is 34.6 Å². The summed E-state index contributed by atoms with van der Waals surface area (Å²) in [6, 6.07) is 2.21. The number of aliphatic hydroxyl groups is 1. The molecule has 0 amide bonds. The second-order valence-corrected chi connectivity index (χ2v) is 2.76. The molecular weight excluding hydrogens is 214 g/mol. The second kappa shape index (κ2) is 3.87. The van der Waals surface area contributed by atoms with Crippen LogP contribution in [0.25, 0.3) is 0 Å². The smallest absolute Gasteiger partial charge is 0.392 e. The van der Waals surface area contributed by atoms with Gasteiger partial charge in [0.1, 0.15) is 11.9 Å². The Hall–Kier alpha value is -1.61. The number of benzene rings is 1. The fourth-order valence-corrected chi connectivity index (χ4v) is 1.09. The molecule has 0 saturated carbocycles. The number of halogens is 4. The van der Waals surface area contributed by atoms with E-state index >= 15 is 0 Å². The largest absolute Gasteiger partial charge is 0.416 e. The molecule has 0 saturated heterocycles. The molecule has 1 aromatic carbocycles. The molecule has 0 atom stereocenters. The van der Waals surface area contributed by atoms with Crippen LogP contribution in [0.15, 0.2) is 12.1 Å². The van der Waals surface area contributed by atoms with Gasteiger partial charge in [0, 0.05) is 0 Å². The monoisotopic (exact) mass is 219 g/mol. The Balaban J connectivity index is 3.44. The molecule has 1 rings (SSSR count). The molecular formula is C9H5F4NO. The van der Waals surface area contributed by atoms with E-state index in [1.54, 1.807) is 0 Å². The van der Waals surface area contributed by atoms with Gasteiger partial charge in [0.05, 0.1) is 17.7 Å². The number of nitriles is 1. The molecule has 0 spiro atoms. The highest BCUT2D eigenvalue weighted by Crippen LogP contribution is 2.33. The van der Waals surface area contributed by atoms with Gasteiger partial charge >= 0.3 is 6.18 Å². The summed E-state index contributed by atoms with van der Waals surface area (Å²) in [7, 11) is 0. The molecule has 6 heteroatoms. The summed E-state index contributed by atoms with van der Waals surface area (Å²) in [5, 5.41) is 17.0. The van der Waals surface area contributed by atoms with Gasteiger partial charge in [-0.05, 0) is 17.7 Å². The van der Waals surface area contributed by atoms with E-state index in [2.05, 4.69) is 0 Å². The lowest BCUT2D eigenvalue weighted by molar-refractivity contribution is -0.138. The van der Waals surface area contributed by atoms with E-state index in [1.165, 1.54) is 6.07 Å². The average Bonchev–Trinajstić information content (AvgIpc) is 2.15. The molecule has 80 valence electrons. The van der Waals surface area contributed by atoms with Crippen molar-refractivity contribution in [1.29, 1.82) is 5.26 Å². The van der Waals surface area contributed by atoms with Crippen molar-refractivity contribution >= 4 is 0 Å². The van der Waals surface area contributed by atoms with Crippen molar-refractivity contribution in [2.45, 2.75) is 12.8 Å². The SMILES string of the molecule is N#Cc1cc(C(F)(F)F)c(CO)cc1F. The quantitative estimate of drug-likeness (QED) is 0.736. The van der Waals surface area contributed by atoms with Crippen LogP contribution >= 0.6 is 0 Å². The molecule has 1 aromatic rings. The van der Waals surface area contributed by atoms with Crippen LogP contribution in [0.5, 0.6) is 0 Å². The normalized spacial score (nSPS) is 11.2. The van der Waals surface area contributed by atoms with Crippen LogP contribution in [0.3, 0.4) is 0 Å². The standard InChI is InChI=1S/C9H5F4NO/c10-8-2-6(4-15)7(9(11,12)13)1-5(8)3-14/h1-2,15H,4H2. The van der Waals surface area contributed by atoms with Crippen LogP contribution in [0.1, 0.15) is 16.7 Å². The van der Waals surface area contributed by atoms with Gasteiger partial charge < -0.3 is 5.11 Å². The van der Waals surface area contributed by atoms with Crippen LogP contribution in [-0.4, -0.2) is 5.11 Å². The van der Waals surface area contributed by atoms with Crippen LogP contribution in [-0.2, 0) is 12.8 Å². The second-order valence-electron chi connectivity index (χ2n) is 2.76. The molecule has 0 fully saturated rings. The maximum atomic E-state index is 12.9. The predicted octanol–water partition coefficient (Wildman–Crippen LogP) is 2.21. The fourth-order valence-electron chi connectivity index (χ4n) is 1.09. The van der Waals surface area contributed by atoms with Crippen LogP contribution in [0, 0.1) is 17.1 Å². The van der Waals surface area contributed by atoms with E-state index in [9.17, 15) is 17.6 Å². The Bertz CT molecular complexity index is 419. The molecule has 0 aliphatic carbocycles. The van der Waals surface area contributed by atoms with E-state index in [1.807, 2.05) is 0 Å². The first-order valence-electron chi connectivity index (χ1n) is 3.80. The summed E-state index contributed by atoms with van der Waals surface area (Å²) < 4.78 is 49.9. The number of aliphatic hydroxyl groups excluding tert-OH is 1. The van der Waals surface area contributed by atoms with Gasteiger partial charge in [-0.15, -0.1) is 0 Å². The minimum atomic E-state index is -4.71. The van der Waals surface area contributed by atoms with Crippen molar-refractivity contribution in [2.24, 2.45) is 0 Å². The Morgan fingerprint density at radius 2 is 1.93 bits per heavy atom. The maximum absolute atomic E-state index is 12.9. The van der Waals surface area contributed by atoms with Crippen LogP contribution in [0.4, 0.5) is 17.6 Å². The van der Waals surface area contributed by atoms with Gasteiger partial charge in [-0.2, -0.15) is 18.4 Å². The fraction of sp³-hybridized carbons (Fsp3) is 0.222. The minimum absolute atomic E-state index is 0.390. The topological polar surface area (TPSA) is 44.0 Å². The minimum Gasteiger partial charge on any atom is -0.392 e. The molecule has 0 bridgehead atoms. The molecule has 0 radical (unpaired) electrons. The first kappa shape index (κ1) is 11.5. The predicted molar refractivity (Wildman–Crippen MR) is 42.0 cm³/mol. The lowest BCUT2D eigenvalue weighted by Crippen LogP contribution is -2.10. The van der Waals surface area contributed by atoms with Gasteiger partial charge in [-0.1, -0.05) is 0 Å². The van der Waals surface area contributed by atoms with Crippen molar-refractivity contribution in [1.82, 2.24) is 0 Å². The number of hydrogen-bond donors (Lipinski definition) is 1. The highest BCUT2D eigenvalue weighted by atomic mass is 19.4. The van der Waals surface area contributed by atoms with Crippen LogP contribution in [0.2, 0.25) is 0 Å². The van der Waals surface area contributed by atoms with Crippen molar-refractivity contribution in [2.75, 3.05) is 0 Å². The number of hydrogen-bond acceptors (Lipinski definition) is 2. The molecule has 0 aliphatic heterocycles. The average molecular weight is 219 g/mol. The van der Waals surface area contributed by atoms with E-state index < -0.39 is 35.3 Å². The third-order valence-electron chi connectivity index (χ3n) is 1.79. The van der Waals surface area contributed by atoms with Gasteiger partial charge in [0.25, 0.3) is 0 Å². The lowest BCUT2D eigenvalue weighted by Gasteiger charge is -2.11. The number of nitrogens with zero attached hydrogens (tertiary/aromatic N) is 1. The summed E-state index contributed by atoms with van der Waals surface area (Å²) in [4.78, 5) is 0. The third-order valence-corrected chi connectivity index (χ3v) is 1.79. The Morgan fingerprint density at radius 3 is 2.33 bits per heavy atom. The van der Waals surface area contributed by atoms with E-state index in [-0.39, 0.29) is 0 Å². The molecule has 0 unspecified atom stereocenters. The summed E-state index contributed by atoms with van der Waals surface area (Å²) in [6.45, 7) is -0.933. The summed E-state index contributed by atoms with van der Waals surface area (Å²) in [5.74, 6) is -1.07. The van der Waals surface area contributed by atoms with Crippen molar-refractivity contribution in [3.63, 3.8) is 0 Å². The summed E-state index contributed by atoms with van der Waals surface area (Å²) in [5.41, 5.74) is -2.47. The maximum Gasteiger partial charge on any atom is 0.416 e. The molecule has 0 aromatic heterocycles. The van der Waals surface area contributed by atoms with Crippen LogP contribution < -0.4 is 0 Å². The summed E-state index contributed by atoms with van der Waals surface area (Å²) >= 11 is 0. The third kappa shape index (κ3) is 2.25. The van der Waals surface area contributed by atoms with Gasteiger partial charge in [-0.25, -0.2) is 4.39 Å². The Labute approximate surface area is 82.4 Å². The number of rotatable bonds is 1. The van der Waals surface area contributed by atoms with E-state index in [4.69, 9.17) is 10.4 Å². The van der Waals surface area contributed by atoms with Gasteiger partial charge in [0.15, 0.2) is 0 Å². The molecule has 0 heterocycles. The summed E-state index contributed by atoms with van der Waals surface area (Å²) in [6.07, 6.45) is -4.71. The highest BCUT2D eigenvalue weighted by Gasteiger charge is 2.34. The van der Waals surface area contributed by atoms with Crippen molar-refractivity contribution < 1.29 is 22.7 Å². The molecule has 1 N–H and O–H groups in total. The zero-order valence-electron chi connectivity index (χ0n) is 7.27. The first-order chi connectivity index (χ1) is 6.90. The van der Waals surface area contributed by atoms with Gasteiger partial charge in [-0.3, -0.25) is 0 Å². The first-order valence-corrected chi connectivity index (χ1v) is 3.80. The van der Waals surface area contributed by atoms with E-state index in [0.717, 1.165) is 0 Å². The molecule has 15 heavy (non-hydrogen) atoms. The van der Waals surface area contributed by atoms with Crippen molar-refractivity contribution in [3.8, 4) is 6.07 Å². The highest BCUT2D eigenvalue weighted by molar-refractivity contribution is 5.40. The molecule has 2 nitrogen and oxygen atoms in total. The van der Waals surface area contributed by atoms with E-state index in [0.29, 0.717) is 12.1 Å². The molecule has 0 aliphatic rings. The Kier molecular flexibility index (Phi) is 2.95. The lowest BCUT2D eigenvalue weighted by atomic mass is 10.0. The van der Waals surface area contributed by atoms with Gasteiger partial charge in [0.2, 0.25) is 0 Å². The number of alkyl halides is 3. The zero-order valence-corrected chi connectivity index (χ0v) is 7.27.